The van der Waals surface area contributed by atoms with E-state index in [0.29, 0.717) is 12.0 Å². The van der Waals surface area contributed by atoms with Crippen molar-refractivity contribution >= 4 is 28.8 Å². The zero-order valence-corrected chi connectivity index (χ0v) is 18.7. The zero-order chi connectivity index (χ0) is 21.8. The van der Waals surface area contributed by atoms with E-state index in [0.717, 1.165) is 34.6 Å². The molecule has 2 aliphatic rings. The molecule has 3 N–H and O–H groups in total. The van der Waals surface area contributed by atoms with Crippen molar-refractivity contribution in [2.75, 3.05) is 17.7 Å². The van der Waals surface area contributed by atoms with E-state index in [1.165, 1.54) is 12.7 Å². The van der Waals surface area contributed by atoms with Crippen molar-refractivity contribution < 1.29 is 14.6 Å². The Labute approximate surface area is 182 Å². The van der Waals surface area contributed by atoms with Gasteiger partial charge in [0.1, 0.15) is 0 Å². The summed E-state index contributed by atoms with van der Waals surface area (Å²) in [7, 11) is 1.48. The van der Waals surface area contributed by atoms with Gasteiger partial charge in [-0.25, -0.2) is 0 Å². The molecule has 0 spiro atoms. The highest BCUT2D eigenvalue weighted by Gasteiger charge is 2.39. The molecule has 158 valence electrons. The minimum atomic E-state index is -0.411. The van der Waals surface area contributed by atoms with E-state index < -0.39 is 6.04 Å². The fourth-order valence-corrected chi connectivity index (χ4v) is 4.60. The van der Waals surface area contributed by atoms with Gasteiger partial charge in [-0.3, -0.25) is 4.79 Å². The van der Waals surface area contributed by atoms with Gasteiger partial charge in [0.15, 0.2) is 17.3 Å². The number of phenols is 1. The van der Waals surface area contributed by atoms with Gasteiger partial charge >= 0.3 is 0 Å². The number of ketones is 1. The Morgan fingerprint density at radius 3 is 2.43 bits per heavy atom. The van der Waals surface area contributed by atoms with E-state index >= 15 is 0 Å². The minimum Gasteiger partial charge on any atom is -0.503 e. The molecule has 2 aromatic rings. The number of fused-ring (bicyclic) bond motifs is 1. The third-order valence-electron chi connectivity index (χ3n) is 6.03. The van der Waals surface area contributed by atoms with Gasteiger partial charge in [0, 0.05) is 17.7 Å². The summed E-state index contributed by atoms with van der Waals surface area (Å²) >= 11 is 6.29. The Hall–Kier alpha value is -2.66. The van der Waals surface area contributed by atoms with E-state index in [4.69, 9.17) is 16.3 Å². The van der Waals surface area contributed by atoms with Crippen molar-refractivity contribution in [2.45, 2.75) is 46.6 Å². The molecular formula is C24H27ClN2O3. The first-order valence-corrected chi connectivity index (χ1v) is 10.4. The van der Waals surface area contributed by atoms with E-state index in [9.17, 15) is 9.90 Å². The molecule has 30 heavy (non-hydrogen) atoms. The molecule has 0 radical (unpaired) electrons. The maximum Gasteiger partial charge on any atom is 0.176 e. The lowest BCUT2D eigenvalue weighted by Crippen LogP contribution is -2.31. The van der Waals surface area contributed by atoms with E-state index in [1.807, 2.05) is 0 Å². The fourth-order valence-electron chi connectivity index (χ4n) is 4.38. The summed E-state index contributed by atoms with van der Waals surface area (Å²) in [6, 6.07) is 7.23. The summed E-state index contributed by atoms with van der Waals surface area (Å²) in [5.41, 5.74) is 6.50. The van der Waals surface area contributed by atoms with Gasteiger partial charge in [-0.05, 0) is 66.6 Å². The van der Waals surface area contributed by atoms with Crippen LogP contribution in [0.5, 0.6) is 11.5 Å². The maximum atomic E-state index is 13.3. The first-order valence-electron chi connectivity index (χ1n) is 10.1. The largest absolute Gasteiger partial charge is 0.503 e. The molecule has 1 aliphatic carbocycles. The molecule has 6 heteroatoms. The van der Waals surface area contributed by atoms with Crippen molar-refractivity contribution in [2.24, 2.45) is 5.41 Å². The first kappa shape index (κ1) is 20.6. The SMILES string of the molecule is COc1cc([C@H]2Nc3cc(C)c(C)cc3NC3=C2C(=O)CC(C)(C)C3)cc(Cl)c1O. The highest BCUT2D eigenvalue weighted by Crippen LogP contribution is 2.47. The molecule has 0 fully saturated rings. The number of aromatic hydroxyl groups is 1. The van der Waals surface area contributed by atoms with Crippen LogP contribution >= 0.6 is 11.6 Å². The number of hydrogen-bond acceptors (Lipinski definition) is 5. The Morgan fingerprint density at radius 1 is 1.10 bits per heavy atom. The van der Waals surface area contributed by atoms with Crippen LogP contribution in [0.1, 0.15) is 49.4 Å². The number of Topliss-reactive ketones (excluding diaryl/α,β-unsaturated/α-hetero) is 1. The second kappa shape index (κ2) is 7.24. The quantitative estimate of drug-likeness (QED) is 0.558. The number of anilines is 2. The molecule has 0 saturated heterocycles. The number of nitrogens with one attached hydrogen (secondary N) is 2. The normalized spacial score (nSPS) is 19.9. The Kier molecular flexibility index (Phi) is 4.97. The number of hydrogen-bond donors (Lipinski definition) is 3. The summed E-state index contributed by atoms with van der Waals surface area (Å²) in [4.78, 5) is 13.3. The summed E-state index contributed by atoms with van der Waals surface area (Å²) in [6.07, 6.45) is 1.24. The molecule has 4 rings (SSSR count). The van der Waals surface area contributed by atoms with Crippen molar-refractivity contribution in [1.29, 1.82) is 0 Å². The van der Waals surface area contributed by atoms with Gasteiger partial charge in [0.05, 0.1) is 29.5 Å². The van der Waals surface area contributed by atoms with Gasteiger partial charge < -0.3 is 20.5 Å². The Balaban J connectivity index is 1.94. The highest BCUT2D eigenvalue weighted by molar-refractivity contribution is 6.32. The molecule has 0 bridgehead atoms. The van der Waals surface area contributed by atoms with Crippen LogP contribution in [0.3, 0.4) is 0 Å². The lowest BCUT2D eigenvalue weighted by molar-refractivity contribution is -0.118. The number of methoxy groups -OCH3 is 1. The van der Waals surface area contributed by atoms with Crippen molar-refractivity contribution in [3.8, 4) is 11.5 Å². The van der Waals surface area contributed by atoms with Gasteiger partial charge in [0.2, 0.25) is 0 Å². The number of halogens is 1. The summed E-state index contributed by atoms with van der Waals surface area (Å²) in [5.74, 6) is 0.282. The number of ether oxygens (including phenoxy) is 1. The topological polar surface area (TPSA) is 70.6 Å². The standard InChI is InChI=1S/C24H27ClN2O3/c1-12-6-16-17(7-13(12)2)27-22(14-8-15(25)23(29)20(9-14)30-5)21-18(26-16)10-24(3,4)11-19(21)28/h6-9,22,26-27,29H,10-11H2,1-5H3/t22-/m1/s1. The number of carbonyl (C=O) groups excluding carboxylic acids is 1. The van der Waals surface area contributed by atoms with E-state index in [-0.39, 0.29) is 27.7 Å². The van der Waals surface area contributed by atoms with Gasteiger partial charge in [-0.15, -0.1) is 0 Å². The van der Waals surface area contributed by atoms with E-state index in [2.05, 4.69) is 50.5 Å². The van der Waals surface area contributed by atoms with Crippen LogP contribution in [0.4, 0.5) is 11.4 Å². The van der Waals surface area contributed by atoms with Crippen molar-refractivity contribution in [3.05, 3.63) is 57.2 Å². The summed E-state index contributed by atoms with van der Waals surface area (Å²) in [6.45, 7) is 8.38. The molecule has 0 amide bonds. The molecule has 1 aliphatic heterocycles. The number of aryl methyl sites for hydroxylation is 2. The van der Waals surface area contributed by atoms with Crippen LogP contribution in [0, 0.1) is 19.3 Å². The third kappa shape index (κ3) is 3.52. The number of benzene rings is 2. The van der Waals surface area contributed by atoms with Crippen molar-refractivity contribution in [3.63, 3.8) is 0 Å². The molecule has 2 aromatic carbocycles. The highest BCUT2D eigenvalue weighted by atomic mass is 35.5. The number of carbonyl (C=O) groups is 1. The molecule has 5 nitrogen and oxygen atoms in total. The summed E-state index contributed by atoms with van der Waals surface area (Å²) < 4.78 is 5.31. The van der Waals surface area contributed by atoms with Gasteiger partial charge in [-0.1, -0.05) is 25.4 Å². The number of allylic oxidation sites excluding steroid dienone is 1. The van der Waals surface area contributed by atoms with Crippen LogP contribution in [0.15, 0.2) is 35.5 Å². The molecule has 1 heterocycles. The predicted molar refractivity (Wildman–Crippen MR) is 121 cm³/mol. The number of rotatable bonds is 2. The van der Waals surface area contributed by atoms with Crippen LogP contribution in [-0.2, 0) is 4.79 Å². The molecule has 0 aromatic heterocycles. The average Bonchev–Trinajstić information content (AvgIpc) is 2.80. The lowest BCUT2D eigenvalue weighted by atomic mass is 9.73. The first-order chi connectivity index (χ1) is 14.1. The van der Waals surface area contributed by atoms with Crippen LogP contribution < -0.4 is 15.4 Å². The van der Waals surface area contributed by atoms with Crippen LogP contribution in [-0.4, -0.2) is 18.0 Å². The second-order valence-electron chi connectivity index (χ2n) is 9.07. The predicted octanol–water partition coefficient (Wildman–Crippen LogP) is 5.89. The monoisotopic (exact) mass is 426 g/mol. The Bertz CT molecular complexity index is 1090. The molecule has 0 saturated carbocycles. The summed E-state index contributed by atoms with van der Waals surface area (Å²) in [5, 5.41) is 17.5. The second-order valence-corrected chi connectivity index (χ2v) is 9.48. The number of phenolic OH excluding ortho intramolecular Hbond substituents is 1. The smallest absolute Gasteiger partial charge is 0.176 e. The minimum absolute atomic E-state index is 0.105. The van der Waals surface area contributed by atoms with Crippen LogP contribution in [0.25, 0.3) is 0 Å². The Morgan fingerprint density at radius 2 is 1.77 bits per heavy atom. The third-order valence-corrected chi connectivity index (χ3v) is 6.32. The fraction of sp³-hybridized carbons (Fsp3) is 0.375. The van der Waals surface area contributed by atoms with E-state index in [1.54, 1.807) is 12.1 Å². The van der Waals surface area contributed by atoms with Gasteiger partial charge in [0.25, 0.3) is 0 Å². The van der Waals surface area contributed by atoms with Crippen LogP contribution in [0.2, 0.25) is 5.02 Å². The molecular weight excluding hydrogens is 400 g/mol. The average molecular weight is 427 g/mol. The molecule has 1 atom stereocenters. The lowest BCUT2D eigenvalue weighted by Gasteiger charge is -2.34. The zero-order valence-electron chi connectivity index (χ0n) is 17.9. The molecule has 0 unspecified atom stereocenters. The van der Waals surface area contributed by atoms with Gasteiger partial charge in [-0.2, -0.15) is 0 Å². The maximum absolute atomic E-state index is 13.3. The van der Waals surface area contributed by atoms with Crippen molar-refractivity contribution in [1.82, 2.24) is 0 Å².